The standard InChI is InChI=1S/C28H21ClN2O2S/c1-33-23-9-5-4-8-21(23)26-22-15-12-18-6-2-3-7-20(18)25(22)30-28-31(26)27(32)24(34-28)16-17-10-13-19(29)14-11-17/h2-11,13-14,16,26H,12,15H2,1H3. The lowest BCUT2D eigenvalue weighted by Crippen LogP contribution is -2.38. The van der Waals surface area contributed by atoms with Crippen molar-refractivity contribution in [2.75, 3.05) is 7.11 Å². The van der Waals surface area contributed by atoms with E-state index in [2.05, 4.69) is 30.3 Å². The summed E-state index contributed by atoms with van der Waals surface area (Å²) < 4.78 is 8.22. The molecule has 0 saturated heterocycles. The van der Waals surface area contributed by atoms with Crippen LogP contribution in [0.1, 0.15) is 34.7 Å². The molecule has 0 N–H and O–H groups in total. The van der Waals surface area contributed by atoms with Crippen LogP contribution in [0, 0.1) is 0 Å². The number of aryl methyl sites for hydroxylation is 1. The fourth-order valence-electron chi connectivity index (χ4n) is 4.90. The molecule has 1 aromatic heterocycles. The number of aromatic nitrogens is 1. The van der Waals surface area contributed by atoms with Crippen LogP contribution in [0.3, 0.4) is 0 Å². The molecule has 6 heteroatoms. The maximum atomic E-state index is 13.8. The number of fused-ring (bicyclic) bond motifs is 3. The molecule has 0 spiro atoms. The second kappa shape index (κ2) is 8.42. The van der Waals surface area contributed by atoms with Gasteiger partial charge in [-0.15, -0.1) is 0 Å². The first-order chi connectivity index (χ1) is 16.6. The van der Waals surface area contributed by atoms with Crippen LogP contribution in [0.5, 0.6) is 5.75 Å². The summed E-state index contributed by atoms with van der Waals surface area (Å²) in [5, 5.41) is 0.668. The molecule has 0 bridgehead atoms. The van der Waals surface area contributed by atoms with Gasteiger partial charge in [0.2, 0.25) is 0 Å². The van der Waals surface area contributed by atoms with Crippen LogP contribution < -0.4 is 19.6 Å². The SMILES string of the molecule is COc1ccccc1C1C2=C(N=c3sc(=Cc4ccc(Cl)cc4)c(=O)n31)c1ccccc1CC2. The van der Waals surface area contributed by atoms with Crippen LogP contribution in [0.4, 0.5) is 0 Å². The summed E-state index contributed by atoms with van der Waals surface area (Å²) in [5.74, 6) is 0.771. The third kappa shape index (κ3) is 3.44. The van der Waals surface area contributed by atoms with Crippen LogP contribution in [0.25, 0.3) is 11.8 Å². The average Bonchev–Trinajstić information content (AvgIpc) is 3.18. The molecular weight excluding hydrogens is 464 g/mol. The molecular formula is C28H21ClN2O2S. The molecule has 1 unspecified atom stereocenters. The molecule has 4 nitrogen and oxygen atoms in total. The summed E-state index contributed by atoms with van der Waals surface area (Å²) in [7, 11) is 1.68. The summed E-state index contributed by atoms with van der Waals surface area (Å²) in [4.78, 5) is 19.5. The van der Waals surface area contributed by atoms with Gasteiger partial charge in [0.05, 0.1) is 23.4 Å². The number of benzene rings is 3. The number of ether oxygens (including phenoxy) is 1. The van der Waals surface area contributed by atoms with E-state index >= 15 is 0 Å². The number of nitrogens with zero attached hydrogens (tertiary/aromatic N) is 2. The number of methoxy groups -OCH3 is 1. The zero-order valence-corrected chi connectivity index (χ0v) is 20.1. The minimum atomic E-state index is -0.261. The van der Waals surface area contributed by atoms with Gasteiger partial charge in [-0.05, 0) is 53.8 Å². The molecule has 4 aromatic rings. The number of para-hydroxylation sites is 1. The van der Waals surface area contributed by atoms with E-state index in [0.29, 0.717) is 14.4 Å². The smallest absolute Gasteiger partial charge is 0.271 e. The Balaban J connectivity index is 1.64. The van der Waals surface area contributed by atoms with Crippen LogP contribution in [0.15, 0.2) is 88.2 Å². The molecule has 0 amide bonds. The van der Waals surface area contributed by atoms with E-state index in [4.69, 9.17) is 21.3 Å². The van der Waals surface area contributed by atoms with E-state index in [9.17, 15) is 4.79 Å². The maximum Gasteiger partial charge on any atom is 0.271 e. The highest BCUT2D eigenvalue weighted by atomic mass is 35.5. The van der Waals surface area contributed by atoms with Crippen molar-refractivity contribution in [3.8, 4) is 5.75 Å². The third-order valence-corrected chi connectivity index (χ3v) is 7.71. The minimum absolute atomic E-state index is 0.0417. The van der Waals surface area contributed by atoms with Crippen LogP contribution in [-0.2, 0) is 6.42 Å². The first-order valence-corrected chi connectivity index (χ1v) is 12.3. The van der Waals surface area contributed by atoms with Crippen LogP contribution >= 0.6 is 22.9 Å². The van der Waals surface area contributed by atoms with Crippen molar-refractivity contribution in [2.24, 2.45) is 4.99 Å². The molecule has 2 heterocycles. The van der Waals surface area contributed by atoms with E-state index in [1.165, 1.54) is 16.9 Å². The zero-order valence-electron chi connectivity index (χ0n) is 18.5. The predicted octanol–water partition coefficient (Wildman–Crippen LogP) is 4.98. The summed E-state index contributed by atoms with van der Waals surface area (Å²) >= 11 is 7.47. The van der Waals surface area contributed by atoms with E-state index in [1.807, 2.05) is 53.1 Å². The molecule has 1 aliphatic heterocycles. The number of halogens is 1. The molecule has 1 aliphatic carbocycles. The third-order valence-electron chi connectivity index (χ3n) is 6.47. The normalized spacial score (nSPS) is 17.0. The average molecular weight is 485 g/mol. The van der Waals surface area contributed by atoms with Gasteiger partial charge in [0, 0.05) is 16.1 Å². The monoisotopic (exact) mass is 484 g/mol. The van der Waals surface area contributed by atoms with Gasteiger partial charge >= 0.3 is 0 Å². The molecule has 0 saturated carbocycles. The Bertz CT molecular complexity index is 1630. The van der Waals surface area contributed by atoms with E-state index in [0.717, 1.165) is 46.6 Å². The van der Waals surface area contributed by atoms with Crippen molar-refractivity contribution < 1.29 is 4.74 Å². The Labute approximate surface area is 205 Å². The van der Waals surface area contributed by atoms with Gasteiger partial charge < -0.3 is 4.74 Å². The van der Waals surface area contributed by atoms with Gasteiger partial charge in [-0.25, -0.2) is 4.99 Å². The summed E-state index contributed by atoms with van der Waals surface area (Å²) in [5.41, 5.74) is 6.46. The zero-order chi connectivity index (χ0) is 23.2. The maximum absolute atomic E-state index is 13.8. The van der Waals surface area contributed by atoms with Crippen LogP contribution in [0.2, 0.25) is 5.02 Å². The first kappa shape index (κ1) is 21.1. The minimum Gasteiger partial charge on any atom is -0.496 e. The van der Waals surface area contributed by atoms with Crippen LogP contribution in [-0.4, -0.2) is 11.7 Å². The molecule has 0 radical (unpaired) electrons. The molecule has 3 aromatic carbocycles. The Morgan fingerprint density at radius 2 is 1.79 bits per heavy atom. The van der Waals surface area contributed by atoms with Crippen molar-refractivity contribution in [3.63, 3.8) is 0 Å². The van der Waals surface area contributed by atoms with Crippen molar-refractivity contribution in [1.29, 1.82) is 0 Å². The van der Waals surface area contributed by atoms with Gasteiger partial charge in [-0.2, -0.15) is 0 Å². The second-order valence-electron chi connectivity index (χ2n) is 8.41. The van der Waals surface area contributed by atoms with Gasteiger partial charge in [-0.3, -0.25) is 9.36 Å². The summed E-state index contributed by atoms with van der Waals surface area (Å²) in [6.07, 6.45) is 3.68. The Morgan fingerprint density at radius 3 is 2.62 bits per heavy atom. The van der Waals surface area contributed by atoms with Gasteiger partial charge in [0.15, 0.2) is 4.80 Å². The molecule has 168 valence electrons. The number of thiazole rings is 1. The lowest BCUT2D eigenvalue weighted by atomic mass is 9.83. The molecule has 6 rings (SSSR count). The molecule has 34 heavy (non-hydrogen) atoms. The van der Waals surface area contributed by atoms with Crippen molar-refractivity contribution >= 4 is 34.7 Å². The molecule has 1 atom stereocenters. The largest absolute Gasteiger partial charge is 0.496 e. The van der Waals surface area contributed by atoms with Gasteiger partial charge in [0.1, 0.15) is 5.75 Å². The molecule has 2 aliphatic rings. The van der Waals surface area contributed by atoms with E-state index < -0.39 is 0 Å². The Morgan fingerprint density at radius 1 is 1.03 bits per heavy atom. The fourth-order valence-corrected chi connectivity index (χ4v) is 6.03. The quantitative estimate of drug-likeness (QED) is 0.411. The lowest BCUT2D eigenvalue weighted by Gasteiger charge is -2.31. The topological polar surface area (TPSA) is 43.6 Å². The Kier molecular flexibility index (Phi) is 5.24. The first-order valence-electron chi connectivity index (χ1n) is 11.2. The van der Waals surface area contributed by atoms with Gasteiger partial charge in [-0.1, -0.05) is 77.5 Å². The lowest BCUT2D eigenvalue weighted by molar-refractivity contribution is 0.402. The van der Waals surface area contributed by atoms with Crippen molar-refractivity contribution in [2.45, 2.75) is 18.9 Å². The highest BCUT2D eigenvalue weighted by molar-refractivity contribution is 7.07. The highest BCUT2D eigenvalue weighted by Gasteiger charge is 2.33. The Hall–Kier alpha value is -3.41. The number of rotatable bonds is 3. The fraction of sp³-hybridized carbons (Fsp3) is 0.143. The number of hydrogen-bond acceptors (Lipinski definition) is 4. The second-order valence-corrected chi connectivity index (χ2v) is 9.85. The van der Waals surface area contributed by atoms with E-state index in [-0.39, 0.29) is 11.6 Å². The summed E-state index contributed by atoms with van der Waals surface area (Å²) in [6, 6.07) is 23.6. The predicted molar refractivity (Wildman–Crippen MR) is 137 cm³/mol. The van der Waals surface area contributed by atoms with Crippen molar-refractivity contribution in [3.05, 3.63) is 125 Å². The molecule has 0 fully saturated rings. The van der Waals surface area contributed by atoms with Crippen molar-refractivity contribution in [1.82, 2.24) is 4.57 Å². The van der Waals surface area contributed by atoms with Gasteiger partial charge in [0.25, 0.3) is 5.56 Å². The number of hydrogen-bond donors (Lipinski definition) is 0. The number of allylic oxidation sites excluding steroid dienone is 1. The highest BCUT2D eigenvalue weighted by Crippen LogP contribution is 2.43. The van der Waals surface area contributed by atoms with E-state index in [1.54, 1.807) is 7.11 Å². The summed E-state index contributed by atoms with van der Waals surface area (Å²) in [6.45, 7) is 0.